The van der Waals surface area contributed by atoms with Crippen molar-refractivity contribution in [2.45, 2.75) is 12.8 Å². The first kappa shape index (κ1) is 13.1. The van der Waals surface area contributed by atoms with Gasteiger partial charge in [-0.1, -0.05) is 0 Å². The third kappa shape index (κ3) is 2.61. The summed E-state index contributed by atoms with van der Waals surface area (Å²) in [6.07, 6.45) is 0.970. The Kier molecular flexibility index (Phi) is 3.82. The van der Waals surface area contributed by atoms with E-state index in [4.69, 9.17) is 0 Å². The van der Waals surface area contributed by atoms with Gasteiger partial charge in [-0.3, -0.25) is 4.79 Å². The number of halogens is 3. The summed E-state index contributed by atoms with van der Waals surface area (Å²) in [5.41, 5.74) is -1.09. The third-order valence-electron chi connectivity index (χ3n) is 1.79. The molecule has 4 nitrogen and oxygen atoms in total. The fourth-order valence-corrected chi connectivity index (χ4v) is 1.02. The van der Waals surface area contributed by atoms with Crippen LogP contribution in [0.25, 0.3) is 0 Å². The van der Waals surface area contributed by atoms with Crippen LogP contribution in [0.4, 0.5) is 13.2 Å². The lowest BCUT2D eigenvalue weighted by molar-refractivity contribution is -0.164. The smallest absolute Gasteiger partial charge is 0.405 e. The monoisotopic (exact) mass is 247 g/mol. The van der Waals surface area contributed by atoms with Gasteiger partial charge in [-0.15, -0.1) is 0 Å². The van der Waals surface area contributed by atoms with Gasteiger partial charge in [0, 0.05) is 6.20 Å². The Morgan fingerprint density at radius 3 is 2.65 bits per heavy atom. The lowest BCUT2D eigenvalue weighted by atomic mass is 10.1. The molecule has 1 aromatic heterocycles. The molecule has 1 heterocycles. The molecule has 1 aromatic rings. The van der Waals surface area contributed by atoms with Gasteiger partial charge in [-0.25, -0.2) is 14.2 Å². The van der Waals surface area contributed by atoms with Gasteiger partial charge in [0.1, 0.15) is 5.69 Å². The first-order valence-electron chi connectivity index (χ1n) is 4.61. The number of alkyl halides is 2. The van der Waals surface area contributed by atoms with Crippen LogP contribution < -0.4 is 0 Å². The number of nitrogens with zero attached hydrogens (tertiary/aromatic N) is 1. The number of ether oxygens (including phenoxy) is 1. The summed E-state index contributed by atoms with van der Waals surface area (Å²) in [6, 6.07) is 1.93. The molecule has 17 heavy (non-hydrogen) atoms. The average molecular weight is 247 g/mol. The number of hydrogen-bond donors (Lipinski definition) is 0. The standard InChI is InChI=1S/C10H8F3NO3/c1-2-17-9(16)10(12,13)8(15)7-6(11)4-3-5-14-7/h3-5H,2H2,1H3. The predicted molar refractivity (Wildman–Crippen MR) is 50.1 cm³/mol. The van der Waals surface area contributed by atoms with E-state index >= 15 is 0 Å². The van der Waals surface area contributed by atoms with E-state index in [-0.39, 0.29) is 6.61 Å². The van der Waals surface area contributed by atoms with Gasteiger partial charge in [-0.2, -0.15) is 8.78 Å². The highest BCUT2D eigenvalue weighted by molar-refractivity contribution is 6.13. The lowest BCUT2D eigenvalue weighted by Gasteiger charge is -2.12. The largest absolute Gasteiger partial charge is 0.461 e. The quantitative estimate of drug-likeness (QED) is 0.460. The van der Waals surface area contributed by atoms with Crippen molar-refractivity contribution < 1.29 is 27.5 Å². The zero-order valence-corrected chi connectivity index (χ0v) is 8.75. The van der Waals surface area contributed by atoms with Gasteiger partial charge in [0.05, 0.1) is 6.61 Å². The molecule has 0 saturated heterocycles. The van der Waals surface area contributed by atoms with Gasteiger partial charge in [0.25, 0.3) is 5.78 Å². The van der Waals surface area contributed by atoms with Crippen molar-refractivity contribution in [3.05, 3.63) is 29.8 Å². The maximum absolute atomic E-state index is 13.2. The molecule has 0 saturated carbocycles. The fourth-order valence-electron chi connectivity index (χ4n) is 1.02. The Balaban J connectivity index is 3.05. The van der Waals surface area contributed by atoms with Crippen LogP contribution in [-0.4, -0.2) is 29.3 Å². The van der Waals surface area contributed by atoms with E-state index in [1.807, 2.05) is 0 Å². The summed E-state index contributed by atoms with van der Waals surface area (Å²) in [5.74, 6) is -9.70. The molecule has 0 amide bonds. The van der Waals surface area contributed by atoms with Gasteiger partial charge in [-0.05, 0) is 19.1 Å². The topological polar surface area (TPSA) is 56.3 Å². The molecule has 0 aliphatic rings. The second kappa shape index (κ2) is 4.94. The number of rotatable bonds is 4. The third-order valence-corrected chi connectivity index (χ3v) is 1.79. The molecule has 0 aliphatic heterocycles. The average Bonchev–Trinajstić information content (AvgIpc) is 2.29. The van der Waals surface area contributed by atoms with Crippen LogP contribution in [-0.2, 0) is 9.53 Å². The molecule has 0 fully saturated rings. The van der Waals surface area contributed by atoms with Gasteiger partial charge >= 0.3 is 11.9 Å². The zero-order chi connectivity index (χ0) is 13.1. The first-order valence-corrected chi connectivity index (χ1v) is 4.61. The van der Waals surface area contributed by atoms with E-state index in [0.29, 0.717) is 0 Å². The van der Waals surface area contributed by atoms with E-state index < -0.39 is 29.2 Å². The second-order valence-corrected chi connectivity index (χ2v) is 2.96. The normalized spacial score (nSPS) is 11.1. The number of Topliss-reactive ketones (excluding diaryl/α,β-unsaturated/α-hetero) is 1. The van der Waals surface area contributed by atoms with Crippen molar-refractivity contribution in [3.8, 4) is 0 Å². The summed E-state index contributed by atoms with van der Waals surface area (Å²) in [5, 5.41) is 0. The fraction of sp³-hybridized carbons (Fsp3) is 0.300. The lowest BCUT2D eigenvalue weighted by Crippen LogP contribution is -2.40. The Morgan fingerprint density at radius 1 is 1.47 bits per heavy atom. The maximum atomic E-state index is 13.2. The van der Waals surface area contributed by atoms with E-state index in [0.717, 1.165) is 18.3 Å². The molecule has 7 heteroatoms. The highest BCUT2D eigenvalue weighted by atomic mass is 19.3. The number of hydrogen-bond acceptors (Lipinski definition) is 4. The maximum Gasteiger partial charge on any atom is 0.405 e. The van der Waals surface area contributed by atoms with Gasteiger partial charge < -0.3 is 4.74 Å². The molecule has 0 aliphatic carbocycles. The molecule has 0 unspecified atom stereocenters. The van der Waals surface area contributed by atoms with E-state index in [9.17, 15) is 22.8 Å². The van der Waals surface area contributed by atoms with E-state index in [2.05, 4.69) is 9.72 Å². The van der Waals surface area contributed by atoms with E-state index in [1.54, 1.807) is 0 Å². The van der Waals surface area contributed by atoms with Crippen LogP contribution in [0.15, 0.2) is 18.3 Å². The molecule has 0 N–H and O–H groups in total. The molecular formula is C10H8F3NO3. The summed E-state index contributed by atoms with van der Waals surface area (Å²) < 4.78 is 43.5. The number of carbonyl (C=O) groups excluding carboxylic acids is 2. The number of pyridine rings is 1. The minimum Gasteiger partial charge on any atom is -0.461 e. The van der Waals surface area contributed by atoms with Crippen molar-refractivity contribution in [1.29, 1.82) is 0 Å². The molecule has 0 bridgehead atoms. The Bertz CT molecular complexity index is 448. The van der Waals surface area contributed by atoms with Gasteiger partial charge in [0.15, 0.2) is 5.82 Å². The summed E-state index contributed by atoms with van der Waals surface area (Å²) in [6.45, 7) is 0.992. The Labute approximate surface area is 94.4 Å². The second-order valence-electron chi connectivity index (χ2n) is 2.96. The van der Waals surface area contributed by atoms with Crippen LogP contribution in [0, 0.1) is 5.82 Å². The van der Waals surface area contributed by atoms with Crippen molar-refractivity contribution in [3.63, 3.8) is 0 Å². The first-order chi connectivity index (χ1) is 7.91. The van der Waals surface area contributed by atoms with Crippen LogP contribution in [0.5, 0.6) is 0 Å². The van der Waals surface area contributed by atoms with Crippen molar-refractivity contribution in [2.24, 2.45) is 0 Å². The summed E-state index contributed by atoms with van der Waals surface area (Å²) in [7, 11) is 0. The molecule has 92 valence electrons. The van der Waals surface area contributed by atoms with Crippen LogP contribution in [0.2, 0.25) is 0 Å². The predicted octanol–water partition coefficient (Wildman–Crippen LogP) is 1.60. The molecule has 1 rings (SSSR count). The highest BCUT2D eigenvalue weighted by Gasteiger charge is 2.50. The Morgan fingerprint density at radius 2 is 2.12 bits per heavy atom. The minimum absolute atomic E-state index is 0.313. The molecule has 0 spiro atoms. The van der Waals surface area contributed by atoms with Crippen LogP contribution in [0.1, 0.15) is 17.4 Å². The number of ketones is 1. The summed E-state index contributed by atoms with van der Waals surface area (Å²) in [4.78, 5) is 25.3. The molecule has 0 aromatic carbocycles. The highest BCUT2D eigenvalue weighted by Crippen LogP contribution is 2.22. The Hall–Kier alpha value is -1.92. The SMILES string of the molecule is CCOC(=O)C(F)(F)C(=O)c1ncccc1F. The number of aromatic nitrogens is 1. The van der Waals surface area contributed by atoms with Crippen LogP contribution >= 0.6 is 0 Å². The summed E-state index contributed by atoms with van der Waals surface area (Å²) >= 11 is 0. The van der Waals surface area contributed by atoms with E-state index in [1.165, 1.54) is 6.92 Å². The molecular weight excluding hydrogens is 239 g/mol. The number of carbonyl (C=O) groups is 2. The van der Waals surface area contributed by atoms with Crippen molar-refractivity contribution in [1.82, 2.24) is 4.98 Å². The van der Waals surface area contributed by atoms with Gasteiger partial charge in [0.2, 0.25) is 0 Å². The number of esters is 1. The zero-order valence-electron chi connectivity index (χ0n) is 8.75. The van der Waals surface area contributed by atoms with Crippen molar-refractivity contribution >= 4 is 11.8 Å². The molecule has 0 radical (unpaired) electrons. The minimum atomic E-state index is -4.44. The van der Waals surface area contributed by atoms with Crippen LogP contribution in [0.3, 0.4) is 0 Å². The van der Waals surface area contributed by atoms with Crippen molar-refractivity contribution in [2.75, 3.05) is 6.61 Å². The molecule has 0 atom stereocenters.